The van der Waals surface area contributed by atoms with Crippen molar-refractivity contribution >= 4 is 7.28 Å². The minimum atomic E-state index is 0.0917. The molecule has 1 aliphatic rings. The molecule has 0 N–H and O–H groups in total. The quantitative estimate of drug-likeness (QED) is 0.625. The molecule has 0 aromatic heterocycles. The molecule has 0 spiro atoms. The average Bonchev–Trinajstić information content (AvgIpc) is 2.63. The van der Waals surface area contributed by atoms with Crippen LogP contribution in [0.2, 0.25) is 6.82 Å². The smallest absolute Gasteiger partial charge is 0.146 e. The molecule has 1 nitrogen and oxygen atoms in total. The molecule has 2 heteroatoms. The standard InChI is InChI=1S/C17H34BO/c1-9-17(10-11(2)3)15(13(6)7)14(12(4)5)16(18-8)19-17/h11-16H,9-10H2,1-8H3. The van der Waals surface area contributed by atoms with Gasteiger partial charge in [-0.1, -0.05) is 55.3 Å². The third-order valence-corrected chi connectivity index (χ3v) is 4.94. The van der Waals surface area contributed by atoms with Crippen LogP contribution in [-0.2, 0) is 4.74 Å². The minimum Gasteiger partial charge on any atom is -0.380 e. The summed E-state index contributed by atoms with van der Waals surface area (Å²) in [5, 5.41) is 0. The second kappa shape index (κ2) is 6.65. The number of rotatable bonds is 6. The first-order chi connectivity index (χ1) is 8.79. The van der Waals surface area contributed by atoms with Crippen molar-refractivity contribution in [3.8, 4) is 0 Å². The molecule has 1 aliphatic heterocycles. The highest BCUT2D eigenvalue weighted by Gasteiger charge is 2.54. The summed E-state index contributed by atoms with van der Waals surface area (Å²) in [5.41, 5.74) is 0.0917. The van der Waals surface area contributed by atoms with E-state index in [-0.39, 0.29) is 5.60 Å². The molecule has 1 fully saturated rings. The zero-order valence-electron chi connectivity index (χ0n) is 14.4. The van der Waals surface area contributed by atoms with Gasteiger partial charge in [-0.3, -0.25) is 0 Å². The summed E-state index contributed by atoms with van der Waals surface area (Å²) in [6.45, 7) is 18.6. The third-order valence-electron chi connectivity index (χ3n) is 4.94. The maximum atomic E-state index is 6.65. The fourth-order valence-corrected chi connectivity index (χ4v) is 4.46. The zero-order valence-corrected chi connectivity index (χ0v) is 14.4. The van der Waals surface area contributed by atoms with Crippen LogP contribution in [0, 0.1) is 29.6 Å². The Hall–Kier alpha value is 0.0249. The van der Waals surface area contributed by atoms with E-state index in [9.17, 15) is 0 Å². The maximum Gasteiger partial charge on any atom is 0.146 e. The van der Waals surface area contributed by atoms with Crippen molar-refractivity contribution in [2.24, 2.45) is 29.6 Å². The Bertz CT molecular complexity index is 274. The van der Waals surface area contributed by atoms with Crippen LogP contribution in [-0.4, -0.2) is 18.9 Å². The van der Waals surface area contributed by atoms with Gasteiger partial charge in [-0.2, -0.15) is 0 Å². The van der Waals surface area contributed by atoms with Crippen LogP contribution in [0.25, 0.3) is 0 Å². The van der Waals surface area contributed by atoms with Gasteiger partial charge in [0.2, 0.25) is 0 Å². The normalized spacial score (nSPS) is 35.6. The molecule has 0 aliphatic carbocycles. The summed E-state index contributed by atoms with van der Waals surface area (Å²) in [4.78, 5) is 0. The molecule has 4 atom stereocenters. The van der Waals surface area contributed by atoms with E-state index in [1.165, 1.54) is 6.42 Å². The molecular formula is C17H34BO. The van der Waals surface area contributed by atoms with E-state index >= 15 is 0 Å². The third kappa shape index (κ3) is 3.38. The first-order valence-corrected chi connectivity index (χ1v) is 8.26. The minimum absolute atomic E-state index is 0.0917. The van der Waals surface area contributed by atoms with Gasteiger partial charge in [0.1, 0.15) is 7.28 Å². The van der Waals surface area contributed by atoms with E-state index in [1.807, 2.05) is 0 Å². The van der Waals surface area contributed by atoms with Gasteiger partial charge in [0.15, 0.2) is 0 Å². The van der Waals surface area contributed by atoms with Gasteiger partial charge in [-0.05, 0) is 42.4 Å². The van der Waals surface area contributed by atoms with Crippen LogP contribution in [0.5, 0.6) is 0 Å². The Balaban J connectivity index is 3.15. The fourth-order valence-electron chi connectivity index (χ4n) is 4.46. The Kier molecular flexibility index (Phi) is 5.98. The highest BCUT2D eigenvalue weighted by molar-refractivity contribution is 6.35. The van der Waals surface area contributed by atoms with Gasteiger partial charge in [-0.15, -0.1) is 0 Å². The van der Waals surface area contributed by atoms with Crippen LogP contribution in [0.4, 0.5) is 0 Å². The summed E-state index contributed by atoms with van der Waals surface area (Å²) in [6, 6.07) is 0.339. The lowest BCUT2D eigenvalue weighted by molar-refractivity contribution is -0.0617. The summed E-state index contributed by atoms with van der Waals surface area (Å²) < 4.78 is 6.65. The van der Waals surface area contributed by atoms with Crippen molar-refractivity contribution in [1.82, 2.24) is 0 Å². The largest absolute Gasteiger partial charge is 0.380 e. The van der Waals surface area contributed by atoms with Crippen molar-refractivity contribution in [3.05, 3.63) is 0 Å². The first kappa shape index (κ1) is 17.1. The number of ether oxygens (including phenoxy) is 1. The summed E-state index contributed by atoms with van der Waals surface area (Å²) in [5.74, 6) is 3.43. The van der Waals surface area contributed by atoms with Gasteiger partial charge >= 0.3 is 0 Å². The van der Waals surface area contributed by atoms with Crippen molar-refractivity contribution in [2.75, 3.05) is 0 Å². The summed E-state index contributed by atoms with van der Waals surface area (Å²) in [7, 11) is 2.29. The van der Waals surface area contributed by atoms with E-state index in [2.05, 4.69) is 62.6 Å². The van der Waals surface area contributed by atoms with Crippen LogP contribution in [0.3, 0.4) is 0 Å². The molecular weight excluding hydrogens is 231 g/mol. The van der Waals surface area contributed by atoms with E-state index in [0.29, 0.717) is 35.6 Å². The summed E-state index contributed by atoms with van der Waals surface area (Å²) in [6.07, 6.45) is 2.33. The SMILES string of the molecule is C[B]C1OC(CC)(CC(C)C)C(C(C)C)C1C(C)C. The maximum absolute atomic E-state index is 6.65. The Morgan fingerprint density at radius 1 is 1.05 bits per heavy atom. The van der Waals surface area contributed by atoms with Gasteiger partial charge in [-0.25, -0.2) is 0 Å². The fraction of sp³-hybridized carbons (Fsp3) is 1.00. The lowest BCUT2D eigenvalue weighted by atomic mass is 9.59. The molecule has 0 aromatic rings. The van der Waals surface area contributed by atoms with Crippen molar-refractivity contribution in [2.45, 2.75) is 79.7 Å². The first-order valence-electron chi connectivity index (χ1n) is 8.26. The Morgan fingerprint density at radius 3 is 1.95 bits per heavy atom. The van der Waals surface area contributed by atoms with E-state index in [0.717, 1.165) is 6.42 Å². The van der Waals surface area contributed by atoms with Crippen LogP contribution in [0.1, 0.15) is 61.3 Å². The molecule has 0 aromatic carbocycles. The van der Waals surface area contributed by atoms with Gasteiger partial charge in [0, 0.05) is 6.00 Å². The summed E-state index contributed by atoms with van der Waals surface area (Å²) >= 11 is 0. The molecule has 0 amide bonds. The van der Waals surface area contributed by atoms with Gasteiger partial charge in [0.05, 0.1) is 5.60 Å². The topological polar surface area (TPSA) is 9.23 Å². The average molecular weight is 265 g/mol. The van der Waals surface area contributed by atoms with Gasteiger partial charge in [0.25, 0.3) is 0 Å². The lowest BCUT2D eigenvalue weighted by Gasteiger charge is -2.40. The molecule has 0 saturated carbocycles. The second-order valence-electron chi connectivity index (χ2n) is 7.52. The van der Waals surface area contributed by atoms with Crippen LogP contribution in [0.15, 0.2) is 0 Å². The molecule has 1 saturated heterocycles. The van der Waals surface area contributed by atoms with E-state index in [1.54, 1.807) is 0 Å². The van der Waals surface area contributed by atoms with Crippen molar-refractivity contribution in [3.63, 3.8) is 0 Å². The van der Waals surface area contributed by atoms with Crippen molar-refractivity contribution < 1.29 is 4.74 Å². The number of hydrogen-bond donors (Lipinski definition) is 0. The zero-order chi connectivity index (χ0) is 14.8. The van der Waals surface area contributed by atoms with E-state index < -0.39 is 0 Å². The predicted molar refractivity (Wildman–Crippen MR) is 85.6 cm³/mol. The highest BCUT2D eigenvalue weighted by Crippen LogP contribution is 2.51. The number of hydrogen-bond acceptors (Lipinski definition) is 1. The molecule has 4 unspecified atom stereocenters. The molecule has 1 heterocycles. The molecule has 111 valence electrons. The predicted octanol–water partition coefficient (Wildman–Crippen LogP) is 4.83. The lowest BCUT2D eigenvalue weighted by Crippen LogP contribution is -2.41. The monoisotopic (exact) mass is 265 g/mol. The Morgan fingerprint density at radius 2 is 1.63 bits per heavy atom. The van der Waals surface area contributed by atoms with Crippen LogP contribution >= 0.6 is 0 Å². The van der Waals surface area contributed by atoms with Crippen molar-refractivity contribution in [1.29, 1.82) is 0 Å². The van der Waals surface area contributed by atoms with Gasteiger partial charge < -0.3 is 4.74 Å². The molecule has 19 heavy (non-hydrogen) atoms. The van der Waals surface area contributed by atoms with Crippen LogP contribution < -0.4 is 0 Å². The Labute approximate surface area is 122 Å². The van der Waals surface area contributed by atoms with E-state index in [4.69, 9.17) is 4.74 Å². The molecule has 1 rings (SSSR count). The molecule has 1 radical (unpaired) electrons. The molecule has 0 bridgehead atoms. The highest BCUT2D eigenvalue weighted by atomic mass is 16.5. The second-order valence-corrected chi connectivity index (χ2v) is 7.52.